The van der Waals surface area contributed by atoms with Crippen molar-refractivity contribution in [2.24, 2.45) is 0 Å². The number of carbonyl (C=O) groups is 2. The molecule has 4 rings (SSSR count). The highest BCUT2D eigenvalue weighted by atomic mass is 16.2. The first-order valence-corrected chi connectivity index (χ1v) is 9.56. The number of aryl methyl sites for hydroxylation is 1. The summed E-state index contributed by atoms with van der Waals surface area (Å²) < 4.78 is 1.87. The third kappa shape index (κ3) is 2.77. The first kappa shape index (κ1) is 17.1. The van der Waals surface area contributed by atoms with Gasteiger partial charge in [0, 0.05) is 25.0 Å². The summed E-state index contributed by atoms with van der Waals surface area (Å²) in [5.41, 5.74) is 1.42. The van der Waals surface area contributed by atoms with Gasteiger partial charge in [-0.05, 0) is 51.2 Å². The van der Waals surface area contributed by atoms with Crippen LogP contribution in [0.25, 0.3) is 5.65 Å². The predicted molar refractivity (Wildman–Crippen MR) is 99.0 cm³/mol. The Bertz CT molecular complexity index is 853. The zero-order valence-corrected chi connectivity index (χ0v) is 15.5. The van der Waals surface area contributed by atoms with E-state index in [-0.39, 0.29) is 17.9 Å². The largest absolute Gasteiger partial charge is 0.351 e. The van der Waals surface area contributed by atoms with E-state index in [0.717, 1.165) is 30.5 Å². The van der Waals surface area contributed by atoms with E-state index in [1.807, 2.05) is 36.6 Å². The van der Waals surface area contributed by atoms with Crippen molar-refractivity contribution >= 4 is 17.5 Å². The van der Waals surface area contributed by atoms with Crippen molar-refractivity contribution in [3.8, 4) is 0 Å². The second kappa shape index (κ2) is 6.41. The van der Waals surface area contributed by atoms with Crippen molar-refractivity contribution in [2.75, 3.05) is 6.54 Å². The number of nitrogens with one attached hydrogen (secondary N) is 1. The molecule has 3 heterocycles. The van der Waals surface area contributed by atoms with Gasteiger partial charge in [0.25, 0.3) is 5.91 Å². The van der Waals surface area contributed by atoms with Crippen LogP contribution in [0.4, 0.5) is 0 Å². The van der Waals surface area contributed by atoms with E-state index in [2.05, 4.69) is 10.3 Å². The molecule has 6 nitrogen and oxygen atoms in total. The monoisotopic (exact) mass is 354 g/mol. The van der Waals surface area contributed by atoms with Gasteiger partial charge in [0.15, 0.2) is 0 Å². The van der Waals surface area contributed by atoms with Crippen molar-refractivity contribution < 1.29 is 9.59 Å². The summed E-state index contributed by atoms with van der Waals surface area (Å²) in [6.07, 6.45) is 9.62. The van der Waals surface area contributed by atoms with Gasteiger partial charge in [0.2, 0.25) is 5.91 Å². The first-order valence-electron chi connectivity index (χ1n) is 9.56. The number of likely N-dealkylation sites (tertiary alicyclic amines) is 1. The number of hydrogen-bond donors (Lipinski definition) is 1. The van der Waals surface area contributed by atoms with Gasteiger partial charge in [-0.25, -0.2) is 4.98 Å². The average Bonchev–Trinajstić information content (AvgIpc) is 3.34. The molecule has 26 heavy (non-hydrogen) atoms. The lowest BCUT2D eigenvalue weighted by molar-refractivity contribution is -0.130. The number of nitrogens with zero attached hydrogens (tertiary/aromatic N) is 3. The summed E-state index contributed by atoms with van der Waals surface area (Å²) in [6.45, 7) is 4.47. The van der Waals surface area contributed by atoms with Crippen molar-refractivity contribution in [2.45, 2.75) is 64.0 Å². The Kier molecular flexibility index (Phi) is 4.21. The molecule has 1 atom stereocenters. The fourth-order valence-corrected chi connectivity index (χ4v) is 4.33. The zero-order valence-electron chi connectivity index (χ0n) is 15.5. The van der Waals surface area contributed by atoms with Crippen LogP contribution in [0.5, 0.6) is 0 Å². The minimum atomic E-state index is -0.787. The molecule has 0 aromatic carbocycles. The van der Waals surface area contributed by atoms with Crippen molar-refractivity contribution in [3.63, 3.8) is 0 Å². The number of aromatic nitrogens is 2. The SMILES string of the molecule is Cc1cccn2cc(C(=O)N3CCC[C@@]3(C)C(=O)NC3CCCC3)nc12. The number of carbonyl (C=O) groups excluding carboxylic acids is 2. The van der Waals surface area contributed by atoms with Crippen molar-refractivity contribution in [1.82, 2.24) is 19.6 Å². The number of pyridine rings is 1. The molecule has 0 spiro atoms. The van der Waals surface area contributed by atoms with Gasteiger partial charge in [-0.1, -0.05) is 18.9 Å². The number of fused-ring (bicyclic) bond motifs is 1. The maximum atomic E-state index is 13.2. The van der Waals surface area contributed by atoms with Gasteiger partial charge in [0.1, 0.15) is 16.9 Å². The Labute approximate surface area is 153 Å². The molecule has 0 unspecified atom stereocenters. The van der Waals surface area contributed by atoms with Gasteiger partial charge in [-0.3, -0.25) is 9.59 Å². The Morgan fingerprint density at radius 1 is 1.27 bits per heavy atom. The highest BCUT2D eigenvalue weighted by Gasteiger charge is 2.46. The molecule has 1 saturated carbocycles. The van der Waals surface area contributed by atoms with Crippen LogP contribution in [0.1, 0.15) is 61.5 Å². The predicted octanol–water partition coefficient (Wildman–Crippen LogP) is 2.70. The quantitative estimate of drug-likeness (QED) is 0.921. The molecular weight excluding hydrogens is 328 g/mol. The van der Waals surface area contributed by atoms with Crippen LogP contribution in [-0.2, 0) is 4.79 Å². The molecular formula is C20H26N4O2. The topological polar surface area (TPSA) is 66.7 Å². The van der Waals surface area contributed by atoms with E-state index in [1.54, 1.807) is 11.1 Å². The molecule has 0 bridgehead atoms. The zero-order chi connectivity index (χ0) is 18.3. The van der Waals surface area contributed by atoms with Crippen molar-refractivity contribution in [3.05, 3.63) is 35.8 Å². The van der Waals surface area contributed by atoms with Gasteiger partial charge in [-0.2, -0.15) is 0 Å². The molecule has 2 aliphatic rings. The van der Waals surface area contributed by atoms with Crippen LogP contribution in [0.3, 0.4) is 0 Å². The summed E-state index contributed by atoms with van der Waals surface area (Å²) >= 11 is 0. The number of rotatable bonds is 3. The maximum Gasteiger partial charge on any atom is 0.274 e. The Balaban J connectivity index is 1.59. The van der Waals surface area contributed by atoms with Crippen LogP contribution in [0, 0.1) is 6.92 Å². The maximum absolute atomic E-state index is 13.2. The van der Waals surface area contributed by atoms with Crippen LogP contribution in [0.2, 0.25) is 0 Å². The van der Waals surface area contributed by atoms with Gasteiger partial charge < -0.3 is 14.6 Å². The minimum absolute atomic E-state index is 0.0183. The molecule has 1 N–H and O–H groups in total. The Morgan fingerprint density at radius 2 is 2.04 bits per heavy atom. The van der Waals surface area contributed by atoms with E-state index in [0.29, 0.717) is 18.7 Å². The normalized spacial score (nSPS) is 23.7. The van der Waals surface area contributed by atoms with E-state index >= 15 is 0 Å². The Hall–Kier alpha value is -2.37. The summed E-state index contributed by atoms with van der Waals surface area (Å²) in [5.74, 6) is -0.176. The minimum Gasteiger partial charge on any atom is -0.351 e. The molecule has 2 aromatic heterocycles. The van der Waals surface area contributed by atoms with E-state index in [9.17, 15) is 9.59 Å². The number of imidazole rings is 1. The molecule has 2 aromatic rings. The smallest absolute Gasteiger partial charge is 0.274 e. The van der Waals surface area contributed by atoms with E-state index in [1.165, 1.54) is 12.8 Å². The second-order valence-electron chi connectivity index (χ2n) is 7.84. The van der Waals surface area contributed by atoms with E-state index < -0.39 is 5.54 Å². The van der Waals surface area contributed by atoms with E-state index in [4.69, 9.17) is 0 Å². The molecule has 2 amide bonds. The summed E-state index contributed by atoms with van der Waals surface area (Å²) in [6, 6.07) is 4.17. The van der Waals surface area contributed by atoms with Crippen molar-refractivity contribution in [1.29, 1.82) is 0 Å². The van der Waals surface area contributed by atoms with Crippen LogP contribution in [-0.4, -0.2) is 44.2 Å². The van der Waals surface area contributed by atoms with Crippen LogP contribution >= 0.6 is 0 Å². The molecule has 1 saturated heterocycles. The summed E-state index contributed by atoms with van der Waals surface area (Å²) in [7, 11) is 0. The molecule has 0 radical (unpaired) electrons. The molecule has 138 valence electrons. The third-order valence-electron chi connectivity index (χ3n) is 5.96. The average molecular weight is 354 g/mol. The second-order valence-corrected chi connectivity index (χ2v) is 7.84. The number of hydrogen-bond acceptors (Lipinski definition) is 3. The third-order valence-corrected chi connectivity index (χ3v) is 5.96. The highest BCUT2D eigenvalue weighted by Crippen LogP contribution is 2.32. The van der Waals surface area contributed by atoms with Crippen LogP contribution < -0.4 is 5.32 Å². The Morgan fingerprint density at radius 3 is 2.77 bits per heavy atom. The fourth-order valence-electron chi connectivity index (χ4n) is 4.33. The summed E-state index contributed by atoms with van der Waals surface area (Å²) in [5, 5.41) is 3.17. The van der Waals surface area contributed by atoms with Gasteiger partial charge in [0.05, 0.1) is 0 Å². The number of amides is 2. The molecule has 6 heteroatoms. The lowest BCUT2D eigenvalue weighted by Gasteiger charge is -2.34. The first-order chi connectivity index (χ1) is 12.5. The fraction of sp³-hybridized carbons (Fsp3) is 0.550. The van der Waals surface area contributed by atoms with Gasteiger partial charge in [-0.15, -0.1) is 0 Å². The molecule has 1 aliphatic heterocycles. The lowest BCUT2D eigenvalue weighted by atomic mass is 9.96. The van der Waals surface area contributed by atoms with Crippen LogP contribution in [0.15, 0.2) is 24.5 Å². The lowest BCUT2D eigenvalue weighted by Crippen LogP contribution is -2.57. The summed E-state index contributed by atoms with van der Waals surface area (Å²) in [4.78, 5) is 32.4. The molecule has 2 fully saturated rings. The highest BCUT2D eigenvalue weighted by molar-refractivity contribution is 5.98. The molecule has 1 aliphatic carbocycles. The van der Waals surface area contributed by atoms with Gasteiger partial charge >= 0.3 is 0 Å². The standard InChI is InChI=1S/C20H26N4O2/c1-14-7-5-11-23-13-16(22-17(14)23)18(25)24-12-6-10-20(24,2)19(26)21-15-8-3-4-9-15/h5,7,11,13,15H,3-4,6,8-10,12H2,1-2H3,(H,21,26)/t20-/m0/s1.